The van der Waals surface area contributed by atoms with E-state index in [1.165, 1.54) is 25.0 Å². The van der Waals surface area contributed by atoms with E-state index in [4.69, 9.17) is 18.3 Å². The van der Waals surface area contributed by atoms with E-state index in [1.807, 2.05) is 19.9 Å². The Hall–Kier alpha value is -3.35. The van der Waals surface area contributed by atoms with Gasteiger partial charge in [0.1, 0.15) is 28.8 Å². The Kier molecular flexibility index (Phi) is 7.58. The van der Waals surface area contributed by atoms with Crippen molar-refractivity contribution in [2.24, 2.45) is 28.6 Å². The second-order valence-electron chi connectivity index (χ2n) is 13.9. The van der Waals surface area contributed by atoms with Crippen molar-refractivity contribution >= 4 is 33.7 Å². The van der Waals surface area contributed by atoms with Gasteiger partial charge in [-0.05, 0) is 73.8 Å². The third-order valence-electron chi connectivity index (χ3n) is 11.2. The van der Waals surface area contributed by atoms with E-state index in [1.54, 1.807) is 19.2 Å². The molecule has 2 heterocycles. The molecule has 0 spiro atoms. The number of methoxy groups -OCH3 is 1. The molecule has 0 bridgehead atoms. The summed E-state index contributed by atoms with van der Waals surface area (Å²) >= 11 is 0. The maximum absolute atomic E-state index is 12.4. The molecule has 6 unspecified atom stereocenters. The molecule has 0 aliphatic heterocycles. The molecule has 0 amide bonds. The predicted molar refractivity (Wildman–Crippen MR) is 165 cm³/mol. The van der Waals surface area contributed by atoms with Crippen LogP contribution in [0, 0.1) is 28.6 Å². The lowest BCUT2D eigenvalue weighted by Gasteiger charge is -2.56. The van der Waals surface area contributed by atoms with E-state index in [0.717, 1.165) is 67.2 Å². The van der Waals surface area contributed by atoms with Gasteiger partial charge < -0.3 is 18.3 Å². The summed E-state index contributed by atoms with van der Waals surface area (Å²) in [5, 5.41) is 1.74. The number of esters is 1. The monoisotopic (exact) mass is 588 g/mol. The molecule has 7 rings (SSSR count). The molecule has 6 atom stereocenters. The van der Waals surface area contributed by atoms with Gasteiger partial charge >= 0.3 is 11.6 Å². The Labute approximate surface area is 253 Å². The maximum Gasteiger partial charge on any atom is 0.336 e. The normalized spacial score (nSPS) is 31.5. The fraction of sp³-hybridized carbons (Fsp3) is 0.583. The summed E-state index contributed by atoms with van der Waals surface area (Å²) in [6.45, 7) is 10.3. The number of ether oxygens (including phenoxy) is 2. The molecule has 3 aromatic rings. The van der Waals surface area contributed by atoms with Gasteiger partial charge in [0.25, 0.3) is 0 Å². The van der Waals surface area contributed by atoms with E-state index in [9.17, 15) is 14.4 Å². The smallest absolute Gasteiger partial charge is 0.336 e. The molecule has 3 saturated carbocycles. The minimum absolute atomic E-state index is 0.0438. The van der Waals surface area contributed by atoms with Crippen LogP contribution in [0.5, 0.6) is 5.75 Å². The molecule has 4 aliphatic carbocycles. The van der Waals surface area contributed by atoms with Crippen molar-refractivity contribution in [2.75, 3.05) is 7.11 Å². The molecule has 7 heteroatoms. The Morgan fingerprint density at radius 1 is 0.977 bits per heavy atom. The highest BCUT2D eigenvalue weighted by Crippen LogP contribution is 2.64. The first-order valence-electron chi connectivity index (χ1n) is 15.9. The van der Waals surface area contributed by atoms with Gasteiger partial charge in [0, 0.05) is 48.6 Å². The van der Waals surface area contributed by atoms with Crippen molar-refractivity contribution in [2.45, 2.75) is 98.0 Å². The summed E-state index contributed by atoms with van der Waals surface area (Å²) in [5.74, 6) is 4.10. The number of rotatable bonds is 3. The quantitative estimate of drug-likeness (QED) is 0.173. The first kappa shape index (κ1) is 29.7. The van der Waals surface area contributed by atoms with E-state index in [0.29, 0.717) is 34.7 Å². The first-order chi connectivity index (χ1) is 20.4. The molecule has 230 valence electrons. The highest BCUT2D eigenvalue weighted by Gasteiger charge is 2.58. The van der Waals surface area contributed by atoms with Gasteiger partial charge in [0.2, 0.25) is 0 Å². The van der Waals surface area contributed by atoms with Gasteiger partial charge in [-0.1, -0.05) is 39.3 Å². The van der Waals surface area contributed by atoms with Gasteiger partial charge in [-0.3, -0.25) is 9.59 Å². The minimum Gasteiger partial charge on any atom is -0.492 e. The van der Waals surface area contributed by atoms with Gasteiger partial charge in [-0.15, -0.1) is 0 Å². The molecule has 0 N–H and O–H groups in total. The van der Waals surface area contributed by atoms with Gasteiger partial charge in [0.05, 0.1) is 12.5 Å². The Morgan fingerprint density at radius 2 is 1.72 bits per heavy atom. The molecule has 0 radical (unpaired) electrons. The molecule has 7 nitrogen and oxygen atoms in total. The fourth-order valence-corrected chi connectivity index (χ4v) is 8.98. The van der Waals surface area contributed by atoms with Crippen LogP contribution in [-0.4, -0.2) is 25.0 Å². The average molecular weight is 589 g/mol. The topological polar surface area (TPSA) is 96.0 Å². The average Bonchev–Trinajstić information content (AvgIpc) is 3.48. The second kappa shape index (κ2) is 11.0. The van der Waals surface area contributed by atoms with Gasteiger partial charge in [-0.2, -0.15) is 0 Å². The van der Waals surface area contributed by atoms with Crippen LogP contribution >= 0.6 is 0 Å². The third-order valence-corrected chi connectivity index (χ3v) is 11.2. The number of Topliss-reactive ketones (excluding diaryl/α,β-unsaturated/α-hetero) is 1. The highest BCUT2D eigenvalue weighted by atomic mass is 16.5. The lowest BCUT2D eigenvalue weighted by molar-refractivity contribution is -0.148. The van der Waals surface area contributed by atoms with Gasteiger partial charge in [0.15, 0.2) is 5.75 Å². The lowest BCUT2D eigenvalue weighted by Crippen LogP contribution is -2.50. The van der Waals surface area contributed by atoms with Crippen LogP contribution in [0.2, 0.25) is 0 Å². The van der Waals surface area contributed by atoms with Crippen LogP contribution in [-0.2, 0) is 14.3 Å². The van der Waals surface area contributed by atoms with Crippen LogP contribution < -0.4 is 10.4 Å². The van der Waals surface area contributed by atoms with Crippen molar-refractivity contribution in [1.29, 1.82) is 0 Å². The summed E-state index contributed by atoms with van der Waals surface area (Å²) in [5.41, 5.74) is 2.56. The largest absolute Gasteiger partial charge is 0.492 e. The zero-order valence-electron chi connectivity index (χ0n) is 26.3. The number of hydrogen-bond donors (Lipinski definition) is 0. The predicted octanol–water partition coefficient (Wildman–Crippen LogP) is 8.12. The van der Waals surface area contributed by atoms with Crippen LogP contribution in [0.15, 0.2) is 49.5 Å². The summed E-state index contributed by atoms with van der Waals surface area (Å²) in [6, 6.07) is 6.80. The lowest BCUT2D eigenvalue weighted by atomic mass is 9.48. The Balaban J connectivity index is 0.000000157. The van der Waals surface area contributed by atoms with Crippen LogP contribution in [0.25, 0.3) is 21.9 Å². The van der Waals surface area contributed by atoms with E-state index < -0.39 is 0 Å². The summed E-state index contributed by atoms with van der Waals surface area (Å²) in [4.78, 5) is 35.0. The molecular formula is C36H44O7. The number of hydrogen-bond acceptors (Lipinski definition) is 7. The number of allylic oxidation sites excluding steroid dienone is 1. The van der Waals surface area contributed by atoms with Crippen LogP contribution in [0.4, 0.5) is 0 Å². The Bertz CT molecular complexity index is 1660. The van der Waals surface area contributed by atoms with Crippen LogP contribution in [0.3, 0.4) is 0 Å². The maximum atomic E-state index is 12.4. The van der Waals surface area contributed by atoms with E-state index in [2.05, 4.69) is 19.9 Å². The van der Waals surface area contributed by atoms with Crippen molar-refractivity contribution in [1.82, 2.24) is 0 Å². The van der Waals surface area contributed by atoms with Gasteiger partial charge in [-0.25, -0.2) is 4.79 Å². The SMILES string of the molecule is CC(=O)OC1CCC2(C)C(=CCC3C4CCC(=O)C4(C)CCC32)C1.COc1c(C(C)C)oc2cc3oc(=O)ccc3cc12. The standard InChI is InChI=1S/C21H30O3.C15H14O4/c1-13(22)24-15-8-10-20(2)14(12-15)4-5-16-17-6-7-19(23)21(17,3)11-9-18(16)20;1-8(2)14-15(17-3)10-6-9-4-5-13(16)18-11(9)7-12(10)19-14/h4,15-18H,5-12H2,1-3H3;4-8H,1-3H3. The zero-order chi connectivity index (χ0) is 30.7. The van der Waals surface area contributed by atoms with Crippen molar-refractivity contribution < 1.29 is 27.9 Å². The summed E-state index contributed by atoms with van der Waals surface area (Å²) in [7, 11) is 1.63. The third kappa shape index (κ3) is 5.02. The fourth-order valence-electron chi connectivity index (χ4n) is 8.98. The number of furan rings is 1. The molecule has 43 heavy (non-hydrogen) atoms. The molecule has 3 fully saturated rings. The summed E-state index contributed by atoms with van der Waals surface area (Å²) < 4.78 is 21.9. The molecule has 2 aromatic heterocycles. The number of fused-ring (bicyclic) bond motifs is 7. The highest BCUT2D eigenvalue weighted by molar-refractivity contribution is 5.97. The van der Waals surface area contributed by atoms with Crippen molar-refractivity contribution in [3.63, 3.8) is 0 Å². The number of carbonyl (C=O) groups excluding carboxylic acids is 2. The Morgan fingerprint density at radius 3 is 2.44 bits per heavy atom. The molecule has 0 saturated heterocycles. The van der Waals surface area contributed by atoms with Crippen LogP contribution in [0.1, 0.15) is 97.7 Å². The second-order valence-corrected chi connectivity index (χ2v) is 13.9. The number of ketones is 1. The van der Waals surface area contributed by atoms with E-state index in [-0.39, 0.29) is 34.4 Å². The van der Waals surface area contributed by atoms with Crippen molar-refractivity contribution in [3.05, 3.63) is 52.1 Å². The van der Waals surface area contributed by atoms with Crippen molar-refractivity contribution in [3.8, 4) is 5.75 Å². The molecule has 1 aromatic carbocycles. The van der Waals surface area contributed by atoms with E-state index >= 15 is 0 Å². The number of carbonyl (C=O) groups is 2. The first-order valence-corrected chi connectivity index (χ1v) is 15.9. The zero-order valence-corrected chi connectivity index (χ0v) is 26.3. The molecular weight excluding hydrogens is 544 g/mol. The summed E-state index contributed by atoms with van der Waals surface area (Å²) in [6.07, 6.45) is 10.8. The minimum atomic E-state index is -0.366. The molecule has 4 aliphatic rings. The number of benzene rings is 1.